The minimum absolute atomic E-state index is 0.0558. The second kappa shape index (κ2) is 11.7. The standard InChI is InChI=1S/C29H35N5O3/c1-19(2)37-26-12-11-22(14-23(26)15-30)27(36)32-24(16-31-18-35)13-20-7-9-21(10-8-20)25-17-34(6)28(33-25)29(3,4)5/h7-12,14,17-19,24H,13,16H2,1-6H3,(H,31,35)(H,32,36). The molecule has 0 aliphatic rings. The van der Waals surface area contributed by atoms with Crippen molar-refractivity contribution in [2.45, 2.75) is 58.6 Å². The monoisotopic (exact) mass is 501 g/mol. The Morgan fingerprint density at radius 1 is 1.19 bits per heavy atom. The summed E-state index contributed by atoms with van der Waals surface area (Å²) in [7, 11) is 2.00. The normalized spacial score (nSPS) is 12.1. The van der Waals surface area contributed by atoms with Crippen LogP contribution < -0.4 is 15.4 Å². The van der Waals surface area contributed by atoms with Crippen LogP contribution in [0.2, 0.25) is 0 Å². The van der Waals surface area contributed by atoms with E-state index in [1.165, 1.54) is 6.07 Å². The molecule has 1 atom stereocenters. The molecular formula is C29H35N5O3. The molecule has 8 nitrogen and oxygen atoms in total. The van der Waals surface area contributed by atoms with Crippen LogP contribution >= 0.6 is 0 Å². The van der Waals surface area contributed by atoms with Gasteiger partial charge in [0.05, 0.1) is 23.4 Å². The fraction of sp³-hybridized carbons (Fsp3) is 0.379. The number of carbonyl (C=O) groups excluding carboxylic acids is 2. The minimum atomic E-state index is -0.344. The van der Waals surface area contributed by atoms with Crippen molar-refractivity contribution in [1.82, 2.24) is 20.2 Å². The molecule has 8 heteroatoms. The van der Waals surface area contributed by atoms with Crippen molar-refractivity contribution in [3.8, 4) is 23.1 Å². The first-order chi connectivity index (χ1) is 17.5. The van der Waals surface area contributed by atoms with E-state index in [9.17, 15) is 14.9 Å². The maximum Gasteiger partial charge on any atom is 0.251 e. The van der Waals surface area contributed by atoms with Crippen molar-refractivity contribution in [2.75, 3.05) is 6.54 Å². The van der Waals surface area contributed by atoms with Crippen molar-refractivity contribution in [2.24, 2.45) is 7.05 Å². The summed E-state index contributed by atoms with van der Waals surface area (Å²) in [5.74, 6) is 1.12. The lowest BCUT2D eigenvalue weighted by molar-refractivity contribution is -0.109. The third-order valence-corrected chi connectivity index (χ3v) is 5.79. The van der Waals surface area contributed by atoms with Crippen LogP contribution in [-0.4, -0.2) is 40.6 Å². The molecule has 1 aromatic heterocycles. The summed E-state index contributed by atoms with van der Waals surface area (Å²) in [6, 6.07) is 14.6. The van der Waals surface area contributed by atoms with Crippen LogP contribution in [-0.2, 0) is 23.7 Å². The van der Waals surface area contributed by atoms with Gasteiger partial charge in [0.2, 0.25) is 6.41 Å². The molecule has 0 aliphatic carbocycles. The largest absolute Gasteiger partial charge is 0.490 e. The number of benzene rings is 2. The molecule has 1 heterocycles. The first-order valence-corrected chi connectivity index (χ1v) is 12.3. The second-order valence-corrected chi connectivity index (χ2v) is 10.4. The van der Waals surface area contributed by atoms with Crippen molar-refractivity contribution in [3.05, 3.63) is 71.2 Å². The molecule has 0 aliphatic heterocycles. The van der Waals surface area contributed by atoms with Gasteiger partial charge in [-0.25, -0.2) is 4.98 Å². The Bertz CT molecular complexity index is 1280. The average Bonchev–Trinajstić information content (AvgIpc) is 3.25. The highest BCUT2D eigenvalue weighted by atomic mass is 16.5. The summed E-state index contributed by atoms with van der Waals surface area (Å²) >= 11 is 0. The smallest absolute Gasteiger partial charge is 0.251 e. The van der Waals surface area contributed by atoms with E-state index < -0.39 is 0 Å². The van der Waals surface area contributed by atoms with Gasteiger partial charge in [-0.3, -0.25) is 9.59 Å². The molecule has 0 fully saturated rings. The molecule has 3 aromatic rings. The van der Waals surface area contributed by atoms with E-state index in [0.29, 0.717) is 29.7 Å². The molecule has 0 bridgehead atoms. The van der Waals surface area contributed by atoms with Gasteiger partial charge in [0, 0.05) is 36.3 Å². The molecule has 0 saturated carbocycles. The van der Waals surface area contributed by atoms with Crippen LogP contribution in [0.15, 0.2) is 48.7 Å². The minimum Gasteiger partial charge on any atom is -0.490 e. The number of hydrogen-bond acceptors (Lipinski definition) is 5. The molecule has 37 heavy (non-hydrogen) atoms. The first kappa shape index (κ1) is 27.5. The summed E-state index contributed by atoms with van der Waals surface area (Å²) in [6.07, 6.45) is 3.07. The van der Waals surface area contributed by atoms with Crippen molar-refractivity contribution >= 4 is 12.3 Å². The quantitative estimate of drug-likeness (QED) is 0.406. The zero-order valence-electron chi connectivity index (χ0n) is 22.3. The number of ether oxygens (including phenoxy) is 1. The van der Waals surface area contributed by atoms with Crippen LogP contribution in [0.4, 0.5) is 0 Å². The summed E-state index contributed by atoms with van der Waals surface area (Å²) in [6.45, 7) is 10.4. The molecule has 2 N–H and O–H groups in total. The zero-order chi connectivity index (χ0) is 27.2. The number of aryl methyl sites for hydroxylation is 1. The predicted octanol–water partition coefficient (Wildman–Crippen LogP) is 4.13. The maximum absolute atomic E-state index is 13.0. The Labute approximate surface area is 218 Å². The topological polar surface area (TPSA) is 109 Å². The zero-order valence-corrected chi connectivity index (χ0v) is 22.3. The molecular weight excluding hydrogens is 466 g/mol. The predicted molar refractivity (Wildman–Crippen MR) is 143 cm³/mol. The van der Waals surface area contributed by atoms with Gasteiger partial charge >= 0.3 is 0 Å². The molecule has 0 spiro atoms. The van der Waals surface area contributed by atoms with Crippen molar-refractivity contribution in [1.29, 1.82) is 5.26 Å². The Kier molecular flexibility index (Phi) is 8.72. The van der Waals surface area contributed by atoms with E-state index in [2.05, 4.69) is 42.0 Å². The second-order valence-electron chi connectivity index (χ2n) is 10.4. The van der Waals surface area contributed by atoms with Gasteiger partial charge in [-0.05, 0) is 44.0 Å². The molecule has 2 aromatic carbocycles. The molecule has 1 unspecified atom stereocenters. The highest BCUT2D eigenvalue weighted by Crippen LogP contribution is 2.26. The van der Waals surface area contributed by atoms with E-state index in [-0.39, 0.29) is 30.0 Å². The summed E-state index contributed by atoms with van der Waals surface area (Å²) in [4.78, 5) is 28.7. The number of nitrogens with one attached hydrogen (secondary N) is 2. The van der Waals surface area contributed by atoms with Gasteiger partial charge in [0.15, 0.2) is 0 Å². The number of nitrogens with zero attached hydrogens (tertiary/aromatic N) is 3. The third kappa shape index (κ3) is 7.20. The number of aromatic nitrogens is 2. The highest BCUT2D eigenvalue weighted by molar-refractivity contribution is 5.95. The van der Waals surface area contributed by atoms with Crippen LogP contribution in [0, 0.1) is 11.3 Å². The van der Waals surface area contributed by atoms with E-state index in [0.717, 1.165) is 22.6 Å². The number of nitriles is 1. The average molecular weight is 502 g/mol. The van der Waals surface area contributed by atoms with E-state index in [1.807, 2.05) is 51.4 Å². The molecule has 194 valence electrons. The fourth-order valence-corrected chi connectivity index (χ4v) is 4.15. The van der Waals surface area contributed by atoms with Crippen LogP contribution in [0.5, 0.6) is 5.75 Å². The van der Waals surface area contributed by atoms with Crippen molar-refractivity contribution < 1.29 is 14.3 Å². The van der Waals surface area contributed by atoms with Crippen LogP contribution in [0.3, 0.4) is 0 Å². The van der Waals surface area contributed by atoms with Gasteiger partial charge in [-0.15, -0.1) is 0 Å². The SMILES string of the molecule is CC(C)Oc1ccc(C(=O)NC(CNC=O)Cc2ccc(-c3cn(C)c(C(C)(C)C)n3)cc2)cc1C#N. The molecule has 2 amide bonds. The number of imidazole rings is 1. The summed E-state index contributed by atoms with van der Waals surface area (Å²) in [5.41, 5.74) is 3.51. The third-order valence-electron chi connectivity index (χ3n) is 5.79. The number of carbonyl (C=O) groups is 2. The Morgan fingerprint density at radius 3 is 2.46 bits per heavy atom. The Morgan fingerprint density at radius 2 is 1.89 bits per heavy atom. The van der Waals surface area contributed by atoms with Gasteiger partial charge < -0.3 is 19.9 Å². The first-order valence-electron chi connectivity index (χ1n) is 12.3. The molecule has 0 saturated heterocycles. The van der Waals surface area contributed by atoms with Crippen molar-refractivity contribution in [3.63, 3.8) is 0 Å². The summed E-state index contributed by atoms with van der Waals surface area (Å²) in [5, 5.41) is 15.1. The maximum atomic E-state index is 13.0. The van der Waals surface area contributed by atoms with Gasteiger partial charge in [-0.1, -0.05) is 45.0 Å². The Balaban J connectivity index is 1.74. The lowest BCUT2D eigenvalue weighted by Crippen LogP contribution is -2.43. The van der Waals surface area contributed by atoms with Crippen LogP contribution in [0.1, 0.15) is 61.9 Å². The van der Waals surface area contributed by atoms with Gasteiger partial charge in [0.1, 0.15) is 17.6 Å². The fourth-order valence-electron chi connectivity index (χ4n) is 4.15. The number of amides is 2. The lowest BCUT2D eigenvalue weighted by Gasteiger charge is -2.19. The van der Waals surface area contributed by atoms with Gasteiger partial charge in [-0.2, -0.15) is 5.26 Å². The number of rotatable bonds is 10. The highest BCUT2D eigenvalue weighted by Gasteiger charge is 2.21. The van der Waals surface area contributed by atoms with Gasteiger partial charge in [0.25, 0.3) is 5.91 Å². The summed E-state index contributed by atoms with van der Waals surface area (Å²) < 4.78 is 7.70. The Hall–Kier alpha value is -4.12. The number of hydrogen-bond donors (Lipinski definition) is 2. The van der Waals surface area contributed by atoms with E-state index in [1.54, 1.807) is 12.1 Å². The van der Waals surface area contributed by atoms with Crippen LogP contribution in [0.25, 0.3) is 11.3 Å². The molecule has 0 radical (unpaired) electrons. The lowest BCUT2D eigenvalue weighted by atomic mass is 9.96. The van der Waals surface area contributed by atoms with E-state index >= 15 is 0 Å². The van der Waals surface area contributed by atoms with E-state index in [4.69, 9.17) is 9.72 Å². The molecule has 3 rings (SSSR count).